The lowest BCUT2D eigenvalue weighted by Crippen LogP contribution is -2.03. The van der Waals surface area contributed by atoms with Gasteiger partial charge in [0, 0.05) is 0 Å². The first-order valence-corrected chi connectivity index (χ1v) is 4.97. The highest BCUT2D eigenvalue weighted by atomic mass is 127. The van der Waals surface area contributed by atoms with Gasteiger partial charge in [-0.3, -0.25) is 14.9 Å². The quantitative estimate of drug-likeness (QED) is 0.365. The van der Waals surface area contributed by atoms with Gasteiger partial charge in [0.25, 0.3) is 5.69 Å². The van der Waals surface area contributed by atoms with Gasteiger partial charge in [0.1, 0.15) is 0 Å². The Morgan fingerprint density at radius 1 is 1.50 bits per heavy atom. The van der Waals surface area contributed by atoms with Crippen LogP contribution in [0.5, 0.6) is 0 Å². The van der Waals surface area contributed by atoms with E-state index in [4.69, 9.17) is 0 Å². The summed E-state index contributed by atoms with van der Waals surface area (Å²) in [6, 6.07) is 3.23. The fraction of sp³-hybridized carbons (Fsp3) is 0.222. The van der Waals surface area contributed by atoms with Gasteiger partial charge < -0.3 is 0 Å². The number of benzene rings is 1. The number of halogens is 1. The topological polar surface area (TPSA) is 60.2 Å². The number of nitrogens with zero attached hydrogens (tertiary/aromatic N) is 1. The Labute approximate surface area is 94.6 Å². The van der Waals surface area contributed by atoms with Crippen LogP contribution >= 0.6 is 22.6 Å². The number of Topliss-reactive ketones (excluding diaryl/α,β-unsaturated/α-hetero) is 1. The van der Waals surface area contributed by atoms with Crippen LogP contribution in [0.1, 0.15) is 22.8 Å². The molecule has 1 rings (SSSR count). The third-order valence-corrected chi connectivity index (χ3v) is 2.59. The van der Waals surface area contributed by atoms with Gasteiger partial charge in [0.05, 0.1) is 14.1 Å². The van der Waals surface area contributed by atoms with Crippen molar-refractivity contribution >= 4 is 34.1 Å². The van der Waals surface area contributed by atoms with Crippen molar-refractivity contribution < 1.29 is 9.72 Å². The maximum absolute atomic E-state index is 11.2. The van der Waals surface area contributed by atoms with E-state index in [9.17, 15) is 14.9 Å². The number of nitro groups is 1. The molecule has 0 aromatic heterocycles. The Morgan fingerprint density at radius 2 is 2.07 bits per heavy atom. The van der Waals surface area contributed by atoms with E-state index in [-0.39, 0.29) is 17.0 Å². The molecule has 0 unspecified atom stereocenters. The Bertz CT molecular complexity index is 415. The van der Waals surface area contributed by atoms with Crippen LogP contribution in [0, 0.1) is 20.6 Å². The zero-order chi connectivity index (χ0) is 10.9. The van der Waals surface area contributed by atoms with Crippen LogP contribution in [0.4, 0.5) is 5.69 Å². The van der Waals surface area contributed by atoms with E-state index < -0.39 is 4.92 Å². The number of nitro benzene ring substituents is 1. The molecule has 0 radical (unpaired) electrons. The maximum Gasteiger partial charge on any atom is 0.293 e. The highest BCUT2D eigenvalue weighted by Gasteiger charge is 2.21. The summed E-state index contributed by atoms with van der Waals surface area (Å²) in [4.78, 5) is 21.4. The van der Waals surface area contributed by atoms with Gasteiger partial charge in [0.2, 0.25) is 0 Å². The summed E-state index contributed by atoms with van der Waals surface area (Å²) in [6.45, 7) is 3.14. The monoisotopic (exact) mass is 305 g/mol. The van der Waals surface area contributed by atoms with Crippen LogP contribution in [0.3, 0.4) is 0 Å². The normalized spacial score (nSPS) is 9.93. The maximum atomic E-state index is 11.2. The van der Waals surface area contributed by atoms with Crippen LogP contribution < -0.4 is 0 Å². The summed E-state index contributed by atoms with van der Waals surface area (Å²) in [5.41, 5.74) is 0.938. The molecule has 74 valence electrons. The summed E-state index contributed by atoms with van der Waals surface area (Å²) in [5, 5.41) is 10.7. The minimum atomic E-state index is -0.516. The number of ketones is 1. The second-order valence-corrected chi connectivity index (χ2v) is 4.12. The van der Waals surface area contributed by atoms with E-state index in [2.05, 4.69) is 0 Å². The Kier molecular flexibility index (Phi) is 3.20. The van der Waals surface area contributed by atoms with Crippen molar-refractivity contribution in [2.75, 3.05) is 0 Å². The predicted octanol–water partition coefficient (Wildman–Crippen LogP) is 2.71. The third-order valence-electron chi connectivity index (χ3n) is 1.77. The van der Waals surface area contributed by atoms with Crippen molar-refractivity contribution in [3.8, 4) is 0 Å². The molecule has 0 aliphatic heterocycles. The van der Waals surface area contributed by atoms with Gasteiger partial charge in [-0.15, -0.1) is 0 Å². The largest absolute Gasteiger partial charge is 0.294 e. The first-order chi connectivity index (χ1) is 6.43. The van der Waals surface area contributed by atoms with Crippen molar-refractivity contribution in [1.82, 2.24) is 0 Å². The molecule has 5 heteroatoms. The molecule has 4 nitrogen and oxygen atoms in total. The average Bonchev–Trinajstić information content (AvgIpc) is 2.01. The predicted molar refractivity (Wildman–Crippen MR) is 60.6 cm³/mol. The lowest BCUT2D eigenvalue weighted by molar-refractivity contribution is -0.386. The fourth-order valence-corrected chi connectivity index (χ4v) is 2.17. The summed E-state index contributed by atoms with van der Waals surface area (Å²) in [6.07, 6.45) is 0. The number of hydrogen-bond donors (Lipinski definition) is 0. The number of rotatable bonds is 2. The van der Waals surface area contributed by atoms with E-state index in [0.29, 0.717) is 3.57 Å². The molecule has 0 aliphatic rings. The lowest BCUT2D eigenvalue weighted by Gasteiger charge is -2.02. The van der Waals surface area contributed by atoms with Crippen LogP contribution in [-0.2, 0) is 0 Å². The van der Waals surface area contributed by atoms with Crippen LogP contribution in [0.2, 0.25) is 0 Å². The van der Waals surface area contributed by atoms with E-state index in [1.54, 1.807) is 19.1 Å². The van der Waals surface area contributed by atoms with Crippen LogP contribution in [-0.4, -0.2) is 10.7 Å². The molecule has 0 fully saturated rings. The van der Waals surface area contributed by atoms with Gasteiger partial charge in [-0.2, -0.15) is 0 Å². The Balaban J connectivity index is 3.52. The van der Waals surface area contributed by atoms with Crippen molar-refractivity contribution in [3.05, 3.63) is 36.9 Å². The SMILES string of the molecule is CC(=O)c1cc(C)cc(I)c1[N+](=O)[O-]. The van der Waals surface area contributed by atoms with Gasteiger partial charge in [-0.05, 0) is 54.1 Å². The number of aryl methyl sites for hydroxylation is 1. The number of hydrogen-bond acceptors (Lipinski definition) is 3. The first-order valence-electron chi connectivity index (χ1n) is 3.89. The van der Waals surface area contributed by atoms with Crippen molar-refractivity contribution in [2.24, 2.45) is 0 Å². The molecule has 0 heterocycles. The summed E-state index contributed by atoms with van der Waals surface area (Å²) < 4.78 is 0.498. The summed E-state index contributed by atoms with van der Waals surface area (Å²) in [7, 11) is 0. The molecule has 1 aromatic rings. The smallest absolute Gasteiger partial charge is 0.293 e. The molecular weight excluding hydrogens is 297 g/mol. The highest BCUT2D eigenvalue weighted by molar-refractivity contribution is 14.1. The minimum absolute atomic E-state index is 0.0938. The molecule has 0 bridgehead atoms. The number of carbonyl (C=O) groups excluding carboxylic acids is 1. The molecule has 0 aliphatic carbocycles. The molecule has 0 saturated heterocycles. The number of carbonyl (C=O) groups is 1. The zero-order valence-electron chi connectivity index (χ0n) is 7.70. The molecule has 0 N–H and O–H groups in total. The van der Waals surface area contributed by atoms with E-state index in [1.807, 2.05) is 22.6 Å². The molecular formula is C9H8INO3. The van der Waals surface area contributed by atoms with Gasteiger partial charge in [-0.1, -0.05) is 0 Å². The van der Waals surface area contributed by atoms with Gasteiger partial charge in [0.15, 0.2) is 5.78 Å². The van der Waals surface area contributed by atoms with E-state index >= 15 is 0 Å². The minimum Gasteiger partial charge on any atom is -0.294 e. The molecule has 14 heavy (non-hydrogen) atoms. The lowest BCUT2D eigenvalue weighted by atomic mass is 10.1. The molecule has 0 amide bonds. The Hall–Kier alpha value is -0.980. The zero-order valence-corrected chi connectivity index (χ0v) is 9.86. The summed E-state index contributed by atoms with van der Waals surface area (Å²) in [5.74, 6) is -0.279. The van der Waals surface area contributed by atoms with E-state index in [0.717, 1.165) is 5.56 Å². The summed E-state index contributed by atoms with van der Waals surface area (Å²) >= 11 is 1.87. The fourth-order valence-electron chi connectivity index (χ4n) is 1.19. The van der Waals surface area contributed by atoms with Gasteiger partial charge in [-0.25, -0.2) is 0 Å². The third kappa shape index (κ3) is 2.09. The van der Waals surface area contributed by atoms with Crippen molar-refractivity contribution in [1.29, 1.82) is 0 Å². The molecule has 1 aromatic carbocycles. The average molecular weight is 305 g/mol. The van der Waals surface area contributed by atoms with Crippen LogP contribution in [0.25, 0.3) is 0 Å². The first kappa shape index (κ1) is 11.1. The van der Waals surface area contributed by atoms with E-state index in [1.165, 1.54) is 6.92 Å². The van der Waals surface area contributed by atoms with Crippen molar-refractivity contribution in [2.45, 2.75) is 13.8 Å². The van der Waals surface area contributed by atoms with Crippen LogP contribution in [0.15, 0.2) is 12.1 Å². The van der Waals surface area contributed by atoms with Gasteiger partial charge >= 0.3 is 0 Å². The Morgan fingerprint density at radius 3 is 2.50 bits per heavy atom. The molecule has 0 spiro atoms. The second kappa shape index (κ2) is 4.04. The standard InChI is InChI=1S/C9H8INO3/c1-5-3-7(6(2)12)9(11(13)14)8(10)4-5/h3-4H,1-2H3. The highest BCUT2D eigenvalue weighted by Crippen LogP contribution is 2.27. The molecule has 0 saturated carbocycles. The second-order valence-electron chi connectivity index (χ2n) is 2.96. The van der Waals surface area contributed by atoms with Crippen molar-refractivity contribution in [3.63, 3.8) is 0 Å². The molecule has 0 atom stereocenters.